The molecular formula is C22H27ClFN3O4S. The van der Waals surface area contributed by atoms with Crippen LogP contribution in [0.15, 0.2) is 48.5 Å². The van der Waals surface area contributed by atoms with E-state index in [1.807, 2.05) is 6.92 Å². The molecule has 0 saturated heterocycles. The predicted molar refractivity (Wildman–Crippen MR) is 123 cm³/mol. The van der Waals surface area contributed by atoms with E-state index < -0.39 is 34.3 Å². The van der Waals surface area contributed by atoms with Gasteiger partial charge in [-0.05, 0) is 55.3 Å². The van der Waals surface area contributed by atoms with Crippen molar-refractivity contribution in [2.75, 3.05) is 23.7 Å². The van der Waals surface area contributed by atoms with E-state index in [4.69, 9.17) is 11.6 Å². The molecule has 2 aromatic rings. The first-order valence-electron chi connectivity index (χ1n) is 10.1. The van der Waals surface area contributed by atoms with Gasteiger partial charge in [-0.15, -0.1) is 0 Å². The number of nitrogens with zero attached hydrogens (tertiary/aromatic N) is 2. The van der Waals surface area contributed by atoms with E-state index in [0.29, 0.717) is 17.1 Å². The van der Waals surface area contributed by atoms with Gasteiger partial charge in [0.1, 0.15) is 18.4 Å². The quantitative estimate of drug-likeness (QED) is 0.562. The van der Waals surface area contributed by atoms with Gasteiger partial charge in [0.15, 0.2) is 0 Å². The van der Waals surface area contributed by atoms with Crippen molar-refractivity contribution >= 4 is 39.1 Å². The van der Waals surface area contributed by atoms with Crippen LogP contribution in [-0.2, 0) is 26.2 Å². The maximum absolute atomic E-state index is 13.3. The van der Waals surface area contributed by atoms with Gasteiger partial charge in [-0.1, -0.05) is 30.7 Å². The van der Waals surface area contributed by atoms with Gasteiger partial charge in [-0.3, -0.25) is 13.9 Å². The van der Waals surface area contributed by atoms with Crippen molar-refractivity contribution in [3.63, 3.8) is 0 Å². The molecule has 0 spiro atoms. The average Bonchev–Trinajstić information content (AvgIpc) is 2.74. The van der Waals surface area contributed by atoms with Crippen LogP contribution in [0.4, 0.5) is 10.1 Å². The molecule has 0 aliphatic heterocycles. The molecule has 2 amide bonds. The Morgan fingerprint density at radius 2 is 1.69 bits per heavy atom. The molecule has 10 heteroatoms. The minimum atomic E-state index is -3.81. The van der Waals surface area contributed by atoms with E-state index in [-0.39, 0.29) is 18.1 Å². The third-order valence-electron chi connectivity index (χ3n) is 4.78. The SMILES string of the molecule is CCCNC(=O)C(C)N(Cc1ccc(F)cc1)C(=O)CN(c1ccc(Cl)cc1)S(C)(=O)=O. The third kappa shape index (κ3) is 7.20. The smallest absolute Gasteiger partial charge is 0.244 e. The third-order valence-corrected chi connectivity index (χ3v) is 6.17. The van der Waals surface area contributed by atoms with Crippen molar-refractivity contribution in [1.29, 1.82) is 0 Å². The van der Waals surface area contributed by atoms with Crippen LogP contribution in [0.3, 0.4) is 0 Å². The lowest BCUT2D eigenvalue weighted by Crippen LogP contribution is -2.51. The monoisotopic (exact) mass is 483 g/mol. The van der Waals surface area contributed by atoms with Gasteiger partial charge in [0, 0.05) is 18.1 Å². The Bertz CT molecular complexity index is 1030. The van der Waals surface area contributed by atoms with Crippen LogP contribution in [0.2, 0.25) is 5.02 Å². The summed E-state index contributed by atoms with van der Waals surface area (Å²) in [5.41, 5.74) is 0.877. The maximum atomic E-state index is 13.3. The zero-order valence-corrected chi connectivity index (χ0v) is 19.8. The lowest BCUT2D eigenvalue weighted by molar-refractivity contribution is -0.139. The highest BCUT2D eigenvalue weighted by Crippen LogP contribution is 2.21. The Balaban J connectivity index is 2.34. The number of carbonyl (C=O) groups excluding carboxylic acids is 2. The Hall–Kier alpha value is -2.65. The highest BCUT2D eigenvalue weighted by Gasteiger charge is 2.29. The number of hydrogen-bond donors (Lipinski definition) is 1. The van der Waals surface area contributed by atoms with Crippen LogP contribution in [-0.4, -0.2) is 50.5 Å². The summed E-state index contributed by atoms with van der Waals surface area (Å²) in [7, 11) is -3.81. The molecule has 2 rings (SSSR count). The summed E-state index contributed by atoms with van der Waals surface area (Å²) in [5, 5.41) is 3.17. The minimum Gasteiger partial charge on any atom is -0.354 e. The molecule has 0 aliphatic carbocycles. The Morgan fingerprint density at radius 1 is 1.09 bits per heavy atom. The zero-order chi connectivity index (χ0) is 23.9. The van der Waals surface area contributed by atoms with Gasteiger partial charge in [-0.25, -0.2) is 12.8 Å². The van der Waals surface area contributed by atoms with Crippen molar-refractivity contribution < 1.29 is 22.4 Å². The van der Waals surface area contributed by atoms with E-state index in [0.717, 1.165) is 17.0 Å². The van der Waals surface area contributed by atoms with Gasteiger partial charge in [-0.2, -0.15) is 0 Å². The zero-order valence-electron chi connectivity index (χ0n) is 18.2. The van der Waals surface area contributed by atoms with Gasteiger partial charge in [0.2, 0.25) is 21.8 Å². The van der Waals surface area contributed by atoms with E-state index >= 15 is 0 Å². The van der Waals surface area contributed by atoms with E-state index in [2.05, 4.69) is 5.32 Å². The highest BCUT2D eigenvalue weighted by atomic mass is 35.5. The molecule has 0 heterocycles. The number of benzene rings is 2. The molecular weight excluding hydrogens is 457 g/mol. The minimum absolute atomic E-state index is 0.0119. The fourth-order valence-electron chi connectivity index (χ4n) is 2.99. The summed E-state index contributed by atoms with van der Waals surface area (Å²) in [6.07, 6.45) is 1.72. The maximum Gasteiger partial charge on any atom is 0.244 e. The second kappa shape index (κ2) is 11.3. The molecule has 1 atom stereocenters. The van der Waals surface area contributed by atoms with Crippen LogP contribution >= 0.6 is 11.6 Å². The molecule has 1 unspecified atom stereocenters. The molecule has 7 nitrogen and oxygen atoms in total. The second-order valence-corrected chi connectivity index (χ2v) is 9.70. The average molecular weight is 484 g/mol. The fraction of sp³-hybridized carbons (Fsp3) is 0.364. The molecule has 0 radical (unpaired) electrons. The van der Waals surface area contributed by atoms with Crippen molar-refractivity contribution in [3.8, 4) is 0 Å². The molecule has 0 saturated carbocycles. The number of carbonyl (C=O) groups is 2. The Morgan fingerprint density at radius 3 is 2.22 bits per heavy atom. The van der Waals surface area contributed by atoms with Crippen LogP contribution in [0.25, 0.3) is 0 Å². The number of halogens is 2. The Kier molecular flexibility index (Phi) is 9.03. The first kappa shape index (κ1) is 25.6. The summed E-state index contributed by atoms with van der Waals surface area (Å²) in [6.45, 7) is 3.43. The van der Waals surface area contributed by atoms with Crippen LogP contribution in [0, 0.1) is 5.82 Å². The number of anilines is 1. The van der Waals surface area contributed by atoms with E-state index in [1.54, 1.807) is 6.92 Å². The van der Waals surface area contributed by atoms with Gasteiger partial charge >= 0.3 is 0 Å². The molecule has 2 aromatic carbocycles. The highest BCUT2D eigenvalue weighted by molar-refractivity contribution is 7.92. The van der Waals surface area contributed by atoms with E-state index in [1.165, 1.54) is 53.4 Å². The summed E-state index contributed by atoms with van der Waals surface area (Å²) < 4.78 is 39.1. The lowest BCUT2D eigenvalue weighted by Gasteiger charge is -2.31. The molecule has 0 bridgehead atoms. The molecule has 0 aliphatic rings. The first-order valence-corrected chi connectivity index (χ1v) is 12.3. The largest absolute Gasteiger partial charge is 0.354 e. The summed E-state index contributed by atoms with van der Waals surface area (Å²) >= 11 is 5.89. The molecule has 174 valence electrons. The van der Waals surface area contributed by atoms with Crippen molar-refractivity contribution in [2.24, 2.45) is 0 Å². The number of rotatable bonds is 10. The standard InChI is InChI=1S/C22H27ClFN3O4S/c1-4-13-25-22(29)16(2)26(14-17-5-9-19(24)10-6-17)21(28)15-27(32(3,30)31)20-11-7-18(23)8-12-20/h5-12,16H,4,13-15H2,1-3H3,(H,25,29). The van der Waals surface area contributed by atoms with Crippen LogP contribution in [0.1, 0.15) is 25.8 Å². The van der Waals surface area contributed by atoms with Gasteiger partial charge < -0.3 is 10.2 Å². The van der Waals surface area contributed by atoms with Crippen molar-refractivity contribution in [3.05, 3.63) is 64.9 Å². The first-order chi connectivity index (χ1) is 15.0. The van der Waals surface area contributed by atoms with Gasteiger partial charge in [0.05, 0.1) is 11.9 Å². The lowest BCUT2D eigenvalue weighted by atomic mass is 10.1. The van der Waals surface area contributed by atoms with E-state index in [9.17, 15) is 22.4 Å². The Labute approximate surface area is 193 Å². The van der Waals surface area contributed by atoms with Gasteiger partial charge in [0.25, 0.3) is 0 Å². The molecule has 0 aromatic heterocycles. The summed E-state index contributed by atoms with van der Waals surface area (Å²) in [4.78, 5) is 27.1. The number of nitrogens with one attached hydrogen (secondary N) is 1. The number of hydrogen-bond acceptors (Lipinski definition) is 4. The molecule has 32 heavy (non-hydrogen) atoms. The number of sulfonamides is 1. The van der Waals surface area contributed by atoms with Crippen molar-refractivity contribution in [2.45, 2.75) is 32.9 Å². The summed E-state index contributed by atoms with van der Waals surface area (Å²) in [6, 6.07) is 10.7. The second-order valence-electron chi connectivity index (χ2n) is 7.36. The van der Waals surface area contributed by atoms with Crippen LogP contribution < -0.4 is 9.62 Å². The van der Waals surface area contributed by atoms with Crippen LogP contribution in [0.5, 0.6) is 0 Å². The predicted octanol–water partition coefficient (Wildman–Crippen LogP) is 3.19. The molecule has 1 N–H and O–H groups in total. The summed E-state index contributed by atoms with van der Waals surface area (Å²) in [5.74, 6) is -1.36. The normalized spacial score (nSPS) is 12.2. The topological polar surface area (TPSA) is 86.8 Å². The molecule has 0 fully saturated rings. The fourth-order valence-corrected chi connectivity index (χ4v) is 3.96. The van der Waals surface area contributed by atoms with Crippen molar-refractivity contribution in [1.82, 2.24) is 10.2 Å². The number of amides is 2.